The molecule has 0 fully saturated rings. The first kappa shape index (κ1) is 23.4. The van der Waals surface area contributed by atoms with Crippen LogP contribution in [0.5, 0.6) is 0 Å². The number of rotatable bonds is 3. The zero-order chi connectivity index (χ0) is 26.5. The summed E-state index contributed by atoms with van der Waals surface area (Å²) < 4.78 is 0. The highest BCUT2D eigenvalue weighted by Crippen LogP contribution is 2.47. The molecular weight excluding hydrogens is 482 g/mol. The van der Waals surface area contributed by atoms with Gasteiger partial charge >= 0.3 is 0 Å². The molecule has 0 radical (unpaired) electrons. The largest absolute Gasteiger partial charge is 0.264 e. The molecule has 0 aliphatic heterocycles. The number of nitrogens with zero attached hydrogens (tertiary/aromatic N) is 1. The Labute approximate surface area is 236 Å². The number of aromatic nitrogens is 1. The molecule has 4 aromatic carbocycles. The lowest BCUT2D eigenvalue weighted by atomic mass is 9.75. The molecule has 0 bridgehead atoms. The lowest BCUT2D eigenvalue weighted by Crippen LogP contribution is -2.10. The van der Waals surface area contributed by atoms with Crippen molar-refractivity contribution < 1.29 is 0 Å². The van der Waals surface area contributed by atoms with Crippen LogP contribution >= 0.6 is 0 Å². The van der Waals surface area contributed by atoms with E-state index < -0.39 is 0 Å². The Morgan fingerprint density at radius 3 is 2.00 bits per heavy atom. The van der Waals surface area contributed by atoms with Gasteiger partial charge in [0.2, 0.25) is 0 Å². The van der Waals surface area contributed by atoms with E-state index in [0.29, 0.717) is 0 Å². The number of benzene rings is 4. The lowest BCUT2D eigenvalue weighted by Gasteiger charge is -2.29. The highest BCUT2D eigenvalue weighted by Gasteiger charge is 2.26. The molecule has 5 aromatic rings. The minimum atomic E-state index is 1.08. The van der Waals surface area contributed by atoms with Crippen LogP contribution < -0.4 is 0 Å². The van der Waals surface area contributed by atoms with Crippen molar-refractivity contribution in [1.82, 2.24) is 4.98 Å². The zero-order valence-electron chi connectivity index (χ0n) is 22.7. The summed E-state index contributed by atoms with van der Waals surface area (Å²) in [7, 11) is 0. The molecular formula is C39H31N. The van der Waals surface area contributed by atoms with Gasteiger partial charge < -0.3 is 0 Å². The van der Waals surface area contributed by atoms with E-state index in [-0.39, 0.29) is 0 Å². The van der Waals surface area contributed by atoms with E-state index in [1.807, 2.05) is 18.5 Å². The second kappa shape index (κ2) is 9.61. The number of hydrogen-bond donors (Lipinski definition) is 0. The fourth-order valence-electron chi connectivity index (χ4n) is 7.16. The van der Waals surface area contributed by atoms with Crippen molar-refractivity contribution in [2.24, 2.45) is 0 Å². The molecule has 0 saturated carbocycles. The van der Waals surface area contributed by atoms with Crippen molar-refractivity contribution in [3.05, 3.63) is 131 Å². The van der Waals surface area contributed by atoms with Gasteiger partial charge in [-0.2, -0.15) is 0 Å². The van der Waals surface area contributed by atoms with Crippen molar-refractivity contribution >= 4 is 29.0 Å². The molecule has 0 unspecified atom stereocenters. The molecule has 1 aromatic heterocycles. The van der Waals surface area contributed by atoms with Crippen molar-refractivity contribution in [1.29, 1.82) is 0 Å². The van der Waals surface area contributed by atoms with Crippen molar-refractivity contribution in [3.8, 4) is 33.4 Å². The second-order valence-electron chi connectivity index (χ2n) is 11.2. The number of allylic oxidation sites excluding steroid dienone is 3. The first-order valence-corrected chi connectivity index (χ1v) is 14.6. The van der Waals surface area contributed by atoms with Crippen LogP contribution in [-0.2, 0) is 19.3 Å². The zero-order valence-corrected chi connectivity index (χ0v) is 22.7. The first-order valence-electron chi connectivity index (χ1n) is 14.6. The van der Waals surface area contributed by atoms with Gasteiger partial charge in [0.1, 0.15) is 0 Å². The average molecular weight is 514 g/mol. The van der Waals surface area contributed by atoms with Crippen molar-refractivity contribution in [2.75, 3.05) is 0 Å². The molecule has 0 N–H and O–H groups in total. The van der Waals surface area contributed by atoms with Crippen LogP contribution in [0.3, 0.4) is 0 Å². The fourth-order valence-corrected chi connectivity index (χ4v) is 7.16. The van der Waals surface area contributed by atoms with E-state index >= 15 is 0 Å². The van der Waals surface area contributed by atoms with Crippen LogP contribution in [0.25, 0.3) is 62.4 Å². The van der Waals surface area contributed by atoms with Gasteiger partial charge in [-0.15, -0.1) is 0 Å². The Morgan fingerprint density at radius 2 is 1.25 bits per heavy atom. The first-order chi connectivity index (χ1) is 19.9. The molecule has 40 heavy (non-hydrogen) atoms. The highest BCUT2D eigenvalue weighted by molar-refractivity contribution is 6.07. The van der Waals surface area contributed by atoms with Crippen LogP contribution in [-0.4, -0.2) is 4.98 Å². The maximum atomic E-state index is 4.41. The Balaban J connectivity index is 1.42. The summed E-state index contributed by atoms with van der Waals surface area (Å²) in [5, 5.41) is 2.61. The summed E-state index contributed by atoms with van der Waals surface area (Å²) in [6.07, 6.45) is 24.6. The van der Waals surface area contributed by atoms with Gasteiger partial charge in [-0.05, 0) is 123 Å². The topological polar surface area (TPSA) is 12.9 Å². The Bertz CT molecular complexity index is 1840. The fraction of sp³-hybridized carbons (Fsp3) is 0.154. The van der Waals surface area contributed by atoms with E-state index in [4.69, 9.17) is 0 Å². The van der Waals surface area contributed by atoms with Crippen molar-refractivity contribution in [2.45, 2.75) is 38.5 Å². The third-order valence-corrected chi connectivity index (χ3v) is 8.96. The SMILES string of the molecule is C1=Cc2cc(-c3c4c(c(-c5cccc6c(-c7cccnc7)cccc56)c5c3C=CCC5)CCC=C4)ccc2CC1. The highest BCUT2D eigenvalue weighted by atomic mass is 14.6. The van der Waals surface area contributed by atoms with E-state index in [1.165, 1.54) is 72.0 Å². The lowest BCUT2D eigenvalue weighted by molar-refractivity contribution is 0.951. The van der Waals surface area contributed by atoms with Crippen LogP contribution in [0.1, 0.15) is 52.6 Å². The minimum Gasteiger partial charge on any atom is -0.264 e. The van der Waals surface area contributed by atoms with Crippen LogP contribution in [0, 0.1) is 0 Å². The number of fused-ring (bicyclic) bond motifs is 4. The van der Waals surface area contributed by atoms with E-state index in [0.717, 1.165) is 44.1 Å². The maximum Gasteiger partial charge on any atom is 0.0346 e. The summed E-state index contributed by atoms with van der Waals surface area (Å²) in [4.78, 5) is 4.41. The number of pyridine rings is 1. The van der Waals surface area contributed by atoms with Gasteiger partial charge in [0.15, 0.2) is 0 Å². The van der Waals surface area contributed by atoms with Gasteiger partial charge in [0.05, 0.1) is 0 Å². The molecule has 1 heterocycles. The molecule has 192 valence electrons. The standard InChI is InChI=1S/C39H31N/c1-2-11-27-24-28(22-21-26(27)10-1)38-34-13-3-5-15-36(34)39(37-16-6-4-14-35(37)38)33-20-8-18-31-30(17-7-19-32(31)33)29-12-9-23-40-25-29/h2-4,7-9,11-14,17-25H,1,5-6,10,15-16H2. The Hall–Kier alpha value is -4.49. The molecule has 1 heteroatoms. The average Bonchev–Trinajstić information content (AvgIpc) is 3.03. The van der Waals surface area contributed by atoms with Crippen LogP contribution in [0.2, 0.25) is 0 Å². The van der Waals surface area contributed by atoms with Crippen molar-refractivity contribution in [3.63, 3.8) is 0 Å². The summed E-state index contributed by atoms with van der Waals surface area (Å²) >= 11 is 0. The van der Waals surface area contributed by atoms with Gasteiger partial charge in [-0.1, -0.05) is 91.1 Å². The van der Waals surface area contributed by atoms with Gasteiger partial charge in [0.25, 0.3) is 0 Å². The number of aryl methyl sites for hydroxylation is 1. The van der Waals surface area contributed by atoms with Crippen LogP contribution in [0.4, 0.5) is 0 Å². The summed E-state index contributed by atoms with van der Waals surface area (Å²) in [5.74, 6) is 0. The predicted molar refractivity (Wildman–Crippen MR) is 170 cm³/mol. The number of hydrogen-bond acceptors (Lipinski definition) is 1. The molecule has 3 aliphatic carbocycles. The maximum absolute atomic E-state index is 4.41. The molecule has 3 aliphatic rings. The van der Waals surface area contributed by atoms with E-state index in [2.05, 4.69) is 102 Å². The molecule has 0 amide bonds. The molecule has 0 spiro atoms. The molecule has 0 atom stereocenters. The predicted octanol–water partition coefficient (Wildman–Crippen LogP) is 10.1. The van der Waals surface area contributed by atoms with Gasteiger partial charge in [-0.25, -0.2) is 0 Å². The summed E-state index contributed by atoms with van der Waals surface area (Å²) in [6.45, 7) is 0. The molecule has 8 rings (SSSR count). The quantitative estimate of drug-likeness (QED) is 0.234. The third-order valence-electron chi connectivity index (χ3n) is 8.96. The molecule has 1 nitrogen and oxygen atoms in total. The van der Waals surface area contributed by atoms with Gasteiger partial charge in [-0.3, -0.25) is 4.98 Å². The summed E-state index contributed by atoms with van der Waals surface area (Å²) in [6, 6.07) is 25.0. The Kier molecular flexibility index (Phi) is 5.62. The normalized spacial score (nSPS) is 15.1. The Morgan fingerprint density at radius 1 is 0.550 bits per heavy atom. The monoisotopic (exact) mass is 513 g/mol. The smallest absolute Gasteiger partial charge is 0.0346 e. The second-order valence-corrected chi connectivity index (χ2v) is 11.2. The third kappa shape index (κ3) is 3.72. The molecule has 0 saturated heterocycles. The minimum absolute atomic E-state index is 1.08. The summed E-state index contributed by atoms with van der Waals surface area (Å²) in [5.41, 5.74) is 16.7. The van der Waals surface area contributed by atoms with E-state index in [1.54, 1.807) is 0 Å². The van der Waals surface area contributed by atoms with E-state index in [9.17, 15) is 0 Å². The van der Waals surface area contributed by atoms with Crippen LogP contribution in [0.15, 0.2) is 97.4 Å². The van der Waals surface area contributed by atoms with Gasteiger partial charge in [0, 0.05) is 18.0 Å².